The average molecular weight is 192 g/mol. The molecule has 0 aromatic carbocycles. The van der Waals surface area contributed by atoms with Gasteiger partial charge in [-0.25, -0.2) is 0 Å². The van der Waals surface area contributed by atoms with E-state index < -0.39 is 0 Å². The van der Waals surface area contributed by atoms with Crippen LogP contribution in [0.15, 0.2) is 12.4 Å². The zero-order valence-electron chi connectivity index (χ0n) is 8.01. The van der Waals surface area contributed by atoms with Crippen molar-refractivity contribution in [3.05, 3.63) is 12.4 Å². The summed E-state index contributed by atoms with van der Waals surface area (Å²) in [6.07, 6.45) is 5.63. The highest BCUT2D eigenvalue weighted by molar-refractivity contribution is 5.43. The molecule has 0 amide bonds. The lowest BCUT2D eigenvalue weighted by molar-refractivity contribution is 0.797. The highest BCUT2D eigenvalue weighted by Gasteiger charge is 2.01. The minimum Gasteiger partial charge on any atom is -0.369 e. The summed E-state index contributed by atoms with van der Waals surface area (Å²) in [5.41, 5.74) is 0.659. The van der Waals surface area contributed by atoms with Crippen LogP contribution in [0.1, 0.15) is 19.8 Å². The van der Waals surface area contributed by atoms with Gasteiger partial charge >= 0.3 is 0 Å². The van der Waals surface area contributed by atoms with E-state index in [4.69, 9.17) is 0 Å². The van der Waals surface area contributed by atoms with Crippen molar-refractivity contribution in [1.82, 2.24) is 25.0 Å². The van der Waals surface area contributed by atoms with Crippen LogP contribution in [0.4, 0.5) is 5.82 Å². The van der Waals surface area contributed by atoms with Gasteiger partial charge in [0, 0.05) is 6.54 Å². The maximum atomic E-state index is 4.04. The smallest absolute Gasteiger partial charge is 0.199 e. The van der Waals surface area contributed by atoms with Gasteiger partial charge in [-0.15, -0.1) is 5.10 Å². The molecule has 6 nitrogen and oxygen atoms in total. The molecule has 6 heteroatoms. The number of rotatable bonds is 4. The van der Waals surface area contributed by atoms with Gasteiger partial charge in [0.2, 0.25) is 0 Å². The Bertz CT molecular complexity index is 409. The number of anilines is 1. The van der Waals surface area contributed by atoms with Crippen LogP contribution in [0.25, 0.3) is 5.65 Å². The summed E-state index contributed by atoms with van der Waals surface area (Å²) in [6, 6.07) is 0. The van der Waals surface area contributed by atoms with Gasteiger partial charge in [0.25, 0.3) is 0 Å². The van der Waals surface area contributed by atoms with Crippen molar-refractivity contribution in [1.29, 1.82) is 0 Å². The molecule has 74 valence electrons. The third-order valence-electron chi connectivity index (χ3n) is 1.95. The fourth-order valence-electron chi connectivity index (χ4n) is 1.19. The van der Waals surface area contributed by atoms with Crippen LogP contribution in [-0.2, 0) is 0 Å². The zero-order chi connectivity index (χ0) is 9.80. The number of unbranched alkanes of at least 4 members (excludes halogenated alkanes) is 1. The van der Waals surface area contributed by atoms with Gasteiger partial charge in [-0.1, -0.05) is 13.3 Å². The van der Waals surface area contributed by atoms with Gasteiger partial charge in [0.1, 0.15) is 5.82 Å². The molecule has 0 spiro atoms. The SMILES string of the molecule is CCCCNc1cncc2nnnn12. The van der Waals surface area contributed by atoms with Crippen LogP contribution in [0, 0.1) is 0 Å². The third kappa shape index (κ3) is 1.63. The van der Waals surface area contributed by atoms with E-state index in [0.29, 0.717) is 5.65 Å². The molecule has 1 N–H and O–H groups in total. The fourth-order valence-corrected chi connectivity index (χ4v) is 1.19. The van der Waals surface area contributed by atoms with E-state index in [2.05, 4.69) is 32.7 Å². The molecule has 0 radical (unpaired) electrons. The first-order valence-electron chi connectivity index (χ1n) is 4.68. The number of nitrogens with zero attached hydrogens (tertiary/aromatic N) is 5. The zero-order valence-corrected chi connectivity index (χ0v) is 8.01. The topological polar surface area (TPSA) is 68.0 Å². The van der Waals surface area contributed by atoms with Gasteiger partial charge in [0.05, 0.1) is 12.4 Å². The predicted molar refractivity (Wildman–Crippen MR) is 52.0 cm³/mol. The number of fused-ring (bicyclic) bond motifs is 1. The molecule has 2 rings (SSSR count). The highest BCUT2D eigenvalue weighted by Crippen LogP contribution is 2.05. The molecule has 0 bridgehead atoms. The number of hydrogen-bond acceptors (Lipinski definition) is 5. The minimum atomic E-state index is 0.659. The van der Waals surface area contributed by atoms with Crippen LogP contribution in [0.5, 0.6) is 0 Å². The lowest BCUT2D eigenvalue weighted by Gasteiger charge is -2.04. The minimum absolute atomic E-state index is 0.659. The molecular weight excluding hydrogens is 180 g/mol. The monoisotopic (exact) mass is 192 g/mol. The largest absolute Gasteiger partial charge is 0.369 e. The molecule has 2 aromatic rings. The summed E-state index contributed by atoms with van der Waals surface area (Å²) in [7, 11) is 0. The first-order valence-corrected chi connectivity index (χ1v) is 4.68. The van der Waals surface area contributed by atoms with E-state index in [1.807, 2.05) is 0 Å². The summed E-state index contributed by atoms with van der Waals surface area (Å²) in [4.78, 5) is 4.04. The Morgan fingerprint density at radius 2 is 2.36 bits per heavy atom. The van der Waals surface area contributed by atoms with Crippen molar-refractivity contribution in [2.45, 2.75) is 19.8 Å². The van der Waals surface area contributed by atoms with E-state index in [1.54, 1.807) is 16.9 Å². The Kier molecular flexibility index (Phi) is 2.53. The van der Waals surface area contributed by atoms with Crippen LogP contribution in [-0.4, -0.2) is 31.6 Å². The van der Waals surface area contributed by atoms with Crippen molar-refractivity contribution in [2.75, 3.05) is 11.9 Å². The number of aromatic nitrogens is 5. The van der Waals surface area contributed by atoms with E-state index in [0.717, 1.165) is 25.2 Å². The van der Waals surface area contributed by atoms with Crippen molar-refractivity contribution in [3.63, 3.8) is 0 Å². The molecule has 14 heavy (non-hydrogen) atoms. The first-order chi connectivity index (χ1) is 6.92. The third-order valence-corrected chi connectivity index (χ3v) is 1.95. The summed E-state index contributed by atoms with van der Waals surface area (Å²) < 4.78 is 1.64. The van der Waals surface area contributed by atoms with Gasteiger partial charge in [-0.3, -0.25) is 4.98 Å². The van der Waals surface area contributed by atoms with Crippen molar-refractivity contribution < 1.29 is 0 Å². The quantitative estimate of drug-likeness (QED) is 0.723. The second-order valence-electron chi connectivity index (χ2n) is 3.02. The van der Waals surface area contributed by atoms with Gasteiger partial charge in [-0.05, 0) is 16.8 Å². The van der Waals surface area contributed by atoms with Crippen LogP contribution in [0.3, 0.4) is 0 Å². The Labute approximate surface area is 81.3 Å². The van der Waals surface area contributed by atoms with E-state index in [1.165, 1.54) is 0 Å². The second kappa shape index (κ2) is 3.99. The van der Waals surface area contributed by atoms with E-state index in [9.17, 15) is 0 Å². The standard InChI is InChI=1S/C8H12N6/c1-2-3-4-10-7-5-9-6-8-11-12-13-14(7)8/h5-6,10H,2-4H2,1H3. The fraction of sp³-hybridized carbons (Fsp3) is 0.500. The molecule has 2 aromatic heterocycles. The molecule has 0 fully saturated rings. The Hall–Kier alpha value is -1.72. The molecule has 0 atom stereocenters. The van der Waals surface area contributed by atoms with Crippen molar-refractivity contribution in [3.8, 4) is 0 Å². The lowest BCUT2D eigenvalue weighted by atomic mass is 10.3. The Morgan fingerprint density at radius 3 is 3.21 bits per heavy atom. The summed E-state index contributed by atoms with van der Waals surface area (Å²) in [6.45, 7) is 3.06. The maximum Gasteiger partial charge on any atom is 0.199 e. The summed E-state index contributed by atoms with van der Waals surface area (Å²) in [5, 5.41) is 14.5. The maximum absolute atomic E-state index is 4.04. The molecule has 0 saturated heterocycles. The highest BCUT2D eigenvalue weighted by atomic mass is 15.5. The normalized spacial score (nSPS) is 10.6. The molecule has 0 aliphatic carbocycles. The van der Waals surface area contributed by atoms with Gasteiger partial charge < -0.3 is 5.32 Å². The molecule has 2 heterocycles. The van der Waals surface area contributed by atoms with Gasteiger partial charge in [0.15, 0.2) is 5.65 Å². The molecule has 0 unspecified atom stereocenters. The van der Waals surface area contributed by atoms with Crippen LogP contribution >= 0.6 is 0 Å². The molecule has 0 aliphatic heterocycles. The van der Waals surface area contributed by atoms with Gasteiger partial charge in [-0.2, -0.15) is 4.52 Å². The predicted octanol–water partition coefficient (Wildman–Crippen LogP) is 0.731. The number of hydrogen-bond donors (Lipinski definition) is 1. The van der Waals surface area contributed by atoms with E-state index >= 15 is 0 Å². The Morgan fingerprint density at radius 1 is 1.43 bits per heavy atom. The second-order valence-corrected chi connectivity index (χ2v) is 3.02. The number of tetrazole rings is 1. The molecule has 0 saturated carbocycles. The van der Waals surface area contributed by atoms with E-state index in [-0.39, 0.29) is 0 Å². The summed E-state index contributed by atoms with van der Waals surface area (Å²) in [5.74, 6) is 0.834. The Balaban J connectivity index is 2.19. The van der Waals surface area contributed by atoms with Crippen molar-refractivity contribution >= 4 is 11.5 Å². The lowest BCUT2D eigenvalue weighted by Crippen LogP contribution is -2.06. The molecular formula is C8H12N6. The van der Waals surface area contributed by atoms with Crippen molar-refractivity contribution in [2.24, 2.45) is 0 Å². The first kappa shape index (κ1) is 8.86. The van der Waals surface area contributed by atoms with Crippen LogP contribution < -0.4 is 5.32 Å². The summed E-state index contributed by atoms with van der Waals surface area (Å²) >= 11 is 0. The average Bonchev–Trinajstić information content (AvgIpc) is 2.67. The number of nitrogens with one attached hydrogen (secondary N) is 1. The van der Waals surface area contributed by atoms with Crippen LogP contribution in [0.2, 0.25) is 0 Å². The molecule has 0 aliphatic rings.